The van der Waals surface area contributed by atoms with Crippen LogP contribution in [0.1, 0.15) is 0 Å². The molecule has 6 heteroatoms. The number of anilines is 2. The summed E-state index contributed by atoms with van der Waals surface area (Å²) in [6.45, 7) is 4.18. The largest absolute Gasteiger partial charge is 0.371 e. The molecule has 0 bridgehead atoms. The summed E-state index contributed by atoms with van der Waals surface area (Å²) in [6.07, 6.45) is 3.39. The number of aromatic nitrogens is 3. The highest BCUT2D eigenvalue weighted by molar-refractivity contribution is 5.88. The first-order valence-electron chi connectivity index (χ1n) is 8.21. The van der Waals surface area contributed by atoms with Crippen LogP contribution in [0.15, 0.2) is 42.7 Å². The molecule has 0 radical (unpaired) electrons. The van der Waals surface area contributed by atoms with Crippen LogP contribution in [0.25, 0.3) is 22.3 Å². The second-order valence-corrected chi connectivity index (χ2v) is 5.81. The number of piperazine rings is 1. The lowest BCUT2D eigenvalue weighted by Gasteiger charge is -2.29. The average molecular weight is 320 g/mol. The number of pyridine rings is 1. The minimum absolute atomic E-state index is 0.752. The van der Waals surface area contributed by atoms with Crippen molar-refractivity contribution in [3.8, 4) is 11.3 Å². The van der Waals surface area contributed by atoms with Gasteiger partial charge in [-0.1, -0.05) is 12.1 Å². The van der Waals surface area contributed by atoms with Crippen LogP contribution in [-0.4, -0.2) is 48.2 Å². The van der Waals surface area contributed by atoms with E-state index in [9.17, 15) is 0 Å². The maximum Gasteiger partial charge on any atom is 0.154 e. The first kappa shape index (κ1) is 14.8. The highest BCUT2D eigenvalue weighted by atomic mass is 15.2. The van der Waals surface area contributed by atoms with Crippen molar-refractivity contribution in [1.82, 2.24) is 20.3 Å². The normalized spacial score (nSPS) is 14.8. The van der Waals surface area contributed by atoms with Crippen molar-refractivity contribution in [2.75, 3.05) is 43.4 Å². The summed E-state index contributed by atoms with van der Waals surface area (Å²) in [5.74, 6) is 0.752. The van der Waals surface area contributed by atoms with Gasteiger partial charge in [-0.3, -0.25) is 4.98 Å². The SMILES string of the molecule is CNc1nc(-c2ccc(N3CCNCC3)cc2)cc2nccnc12. The zero-order chi connectivity index (χ0) is 16.4. The average Bonchev–Trinajstić information content (AvgIpc) is 2.68. The van der Waals surface area contributed by atoms with Crippen LogP contribution in [0.4, 0.5) is 11.5 Å². The fourth-order valence-corrected chi connectivity index (χ4v) is 3.06. The zero-order valence-electron chi connectivity index (χ0n) is 13.7. The van der Waals surface area contributed by atoms with Gasteiger partial charge in [0.2, 0.25) is 0 Å². The Morgan fingerprint density at radius 3 is 2.54 bits per heavy atom. The summed E-state index contributed by atoms with van der Waals surface area (Å²) in [4.78, 5) is 15.9. The highest BCUT2D eigenvalue weighted by Gasteiger charge is 2.12. The number of rotatable bonds is 3. The van der Waals surface area contributed by atoms with Gasteiger partial charge in [-0.25, -0.2) is 9.97 Å². The van der Waals surface area contributed by atoms with Gasteiger partial charge in [0, 0.05) is 56.9 Å². The lowest BCUT2D eigenvalue weighted by Crippen LogP contribution is -2.43. The minimum atomic E-state index is 0.752. The molecule has 2 aromatic heterocycles. The molecule has 1 aliphatic heterocycles. The molecule has 0 saturated carbocycles. The fourth-order valence-electron chi connectivity index (χ4n) is 3.06. The second kappa shape index (κ2) is 6.41. The van der Waals surface area contributed by atoms with Gasteiger partial charge >= 0.3 is 0 Å². The number of nitrogens with one attached hydrogen (secondary N) is 2. The third-order valence-electron chi connectivity index (χ3n) is 4.34. The van der Waals surface area contributed by atoms with Gasteiger partial charge in [-0.05, 0) is 18.2 Å². The first-order valence-corrected chi connectivity index (χ1v) is 8.21. The first-order chi connectivity index (χ1) is 11.8. The number of fused-ring (bicyclic) bond motifs is 1. The number of benzene rings is 1. The van der Waals surface area contributed by atoms with Gasteiger partial charge < -0.3 is 15.5 Å². The maximum absolute atomic E-state index is 4.69. The van der Waals surface area contributed by atoms with E-state index < -0.39 is 0 Å². The van der Waals surface area contributed by atoms with Crippen LogP contribution in [0, 0.1) is 0 Å². The molecule has 2 N–H and O–H groups in total. The third-order valence-corrected chi connectivity index (χ3v) is 4.34. The van der Waals surface area contributed by atoms with E-state index in [0.29, 0.717) is 0 Å². The predicted molar refractivity (Wildman–Crippen MR) is 97.4 cm³/mol. The van der Waals surface area contributed by atoms with Crippen molar-refractivity contribution < 1.29 is 0 Å². The van der Waals surface area contributed by atoms with E-state index in [1.165, 1.54) is 5.69 Å². The van der Waals surface area contributed by atoms with Gasteiger partial charge in [0.25, 0.3) is 0 Å². The molecule has 122 valence electrons. The molecule has 3 heterocycles. The molecule has 3 aromatic rings. The van der Waals surface area contributed by atoms with Crippen molar-refractivity contribution in [1.29, 1.82) is 0 Å². The van der Waals surface area contributed by atoms with Gasteiger partial charge in [-0.2, -0.15) is 0 Å². The Kier molecular flexibility index (Phi) is 3.96. The predicted octanol–water partition coefficient (Wildman–Crippen LogP) is 2.14. The van der Waals surface area contributed by atoms with Crippen molar-refractivity contribution >= 4 is 22.5 Å². The van der Waals surface area contributed by atoms with Gasteiger partial charge in [0.05, 0.1) is 11.2 Å². The van der Waals surface area contributed by atoms with E-state index in [2.05, 4.69) is 49.8 Å². The number of hydrogen-bond donors (Lipinski definition) is 2. The Hall–Kier alpha value is -2.73. The smallest absolute Gasteiger partial charge is 0.154 e. The molecule has 0 aliphatic carbocycles. The van der Waals surface area contributed by atoms with E-state index >= 15 is 0 Å². The molecule has 1 fully saturated rings. The Bertz CT molecular complexity index is 840. The molecule has 1 aliphatic rings. The third kappa shape index (κ3) is 2.76. The molecule has 1 saturated heterocycles. The highest BCUT2D eigenvalue weighted by Crippen LogP contribution is 2.27. The Balaban J connectivity index is 1.69. The molecular weight excluding hydrogens is 300 g/mol. The van der Waals surface area contributed by atoms with Gasteiger partial charge in [-0.15, -0.1) is 0 Å². The quantitative estimate of drug-likeness (QED) is 0.771. The van der Waals surface area contributed by atoms with E-state index in [4.69, 9.17) is 4.98 Å². The molecular formula is C18H20N6. The van der Waals surface area contributed by atoms with E-state index in [1.807, 2.05) is 13.1 Å². The summed E-state index contributed by atoms with van der Waals surface area (Å²) in [7, 11) is 1.85. The maximum atomic E-state index is 4.69. The molecule has 0 atom stereocenters. The van der Waals surface area contributed by atoms with Crippen LogP contribution >= 0.6 is 0 Å². The number of hydrogen-bond acceptors (Lipinski definition) is 6. The van der Waals surface area contributed by atoms with E-state index in [0.717, 1.165) is 54.3 Å². The molecule has 24 heavy (non-hydrogen) atoms. The monoisotopic (exact) mass is 320 g/mol. The topological polar surface area (TPSA) is 66.0 Å². The van der Waals surface area contributed by atoms with Crippen molar-refractivity contribution in [3.05, 3.63) is 42.7 Å². The molecule has 0 unspecified atom stereocenters. The molecule has 0 amide bonds. The molecule has 6 nitrogen and oxygen atoms in total. The minimum Gasteiger partial charge on any atom is -0.371 e. The van der Waals surface area contributed by atoms with E-state index in [-0.39, 0.29) is 0 Å². The summed E-state index contributed by atoms with van der Waals surface area (Å²) in [5.41, 5.74) is 4.88. The molecule has 0 spiro atoms. The summed E-state index contributed by atoms with van der Waals surface area (Å²) in [6, 6.07) is 10.6. The fraction of sp³-hybridized carbons (Fsp3) is 0.278. The lowest BCUT2D eigenvalue weighted by molar-refractivity contribution is 0.589. The summed E-state index contributed by atoms with van der Waals surface area (Å²) < 4.78 is 0. The van der Waals surface area contributed by atoms with Crippen molar-refractivity contribution in [2.45, 2.75) is 0 Å². The van der Waals surface area contributed by atoms with Crippen molar-refractivity contribution in [3.63, 3.8) is 0 Å². The van der Waals surface area contributed by atoms with Crippen LogP contribution in [0.3, 0.4) is 0 Å². The summed E-state index contributed by atoms with van der Waals surface area (Å²) >= 11 is 0. The van der Waals surface area contributed by atoms with Crippen molar-refractivity contribution in [2.24, 2.45) is 0 Å². The molecule has 4 rings (SSSR count). The Morgan fingerprint density at radius 1 is 1.04 bits per heavy atom. The van der Waals surface area contributed by atoms with Crippen LogP contribution in [-0.2, 0) is 0 Å². The van der Waals surface area contributed by atoms with Crippen LogP contribution < -0.4 is 15.5 Å². The van der Waals surface area contributed by atoms with Crippen LogP contribution in [0.5, 0.6) is 0 Å². The number of nitrogens with zero attached hydrogens (tertiary/aromatic N) is 4. The molecule has 1 aromatic carbocycles. The lowest BCUT2D eigenvalue weighted by atomic mass is 10.1. The summed E-state index contributed by atoms with van der Waals surface area (Å²) in [5, 5.41) is 6.49. The van der Waals surface area contributed by atoms with E-state index in [1.54, 1.807) is 12.4 Å². The van der Waals surface area contributed by atoms with Crippen LogP contribution in [0.2, 0.25) is 0 Å². The second-order valence-electron chi connectivity index (χ2n) is 5.81. The Labute approximate surface area is 141 Å². The Morgan fingerprint density at radius 2 is 1.79 bits per heavy atom. The zero-order valence-corrected chi connectivity index (χ0v) is 13.7. The van der Waals surface area contributed by atoms with Gasteiger partial charge in [0.1, 0.15) is 5.52 Å². The van der Waals surface area contributed by atoms with Gasteiger partial charge in [0.15, 0.2) is 5.82 Å². The standard InChI is InChI=1S/C18H20N6/c1-19-18-17-16(21-6-7-22-17)12-15(23-18)13-2-4-14(5-3-13)24-10-8-20-9-11-24/h2-7,12,20H,8-11H2,1H3,(H,19,23).